The van der Waals surface area contributed by atoms with E-state index in [2.05, 4.69) is 15.9 Å². The number of hydrogen-bond donors (Lipinski definition) is 0. The molecule has 0 aliphatic carbocycles. The molecule has 13 heavy (non-hydrogen) atoms. The first-order valence-corrected chi connectivity index (χ1v) is 5.27. The first kappa shape index (κ1) is 9.32. The molecule has 0 aliphatic rings. The molecule has 0 radical (unpaired) electrons. The molecule has 66 valence electrons. The molecular weight excluding hydrogens is 271 g/mol. The molecule has 2 aromatic carbocycles. The van der Waals surface area contributed by atoms with Crippen LogP contribution in [0.15, 0.2) is 34.8 Å². The maximum absolute atomic E-state index is 6.05. The number of rotatable bonds is 0. The van der Waals surface area contributed by atoms with Crippen molar-refractivity contribution in [3.05, 3.63) is 44.8 Å². The molecule has 0 unspecified atom stereocenters. The van der Waals surface area contributed by atoms with Gasteiger partial charge in [-0.25, -0.2) is 0 Å². The van der Waals surface area contributed by atoms with Gasteiger partial charge in [0.2, 0.25) is 0 Å². The largest absolute Gasteiger partial charge is 0.0837 e. The fourth-order valence-corrected chi connectivity index (χ4v) is 2.47. The predicted octanol–water partition coefficient (Wildman–Crippen LogP) is 4.91. The minimum Gasteiger partial charge on any atom is -0.0837 e. The smallest absolute Gasteiger partial charge is 0.0496 e. The van der Waals surface area contributed by atoms with Crippen LogP contribution in [-0.4, -0.2) is 0 Å². The lowest BCUT2D eigenvalue weighted by Crippen LogP contribution is -1.77. The third-order valence-electron chi connectivity index (χ3n) is 1.89. The van der Waals surface area contributed by atoms with Crippen LogP contribution in [0.4, 0.5) is 0 Å². The van der Waals surface area contributed by atoms with Gasteiger partial charge in [-0.3, -0.25) is 0 Å². The molecular formula is C10H5BrCl2. The van der Waals surface area contributed by atoms with E-state index in [1.807, 2.05) is 18.2 Å². The van der Waals surface area contributed by atoms with E-state index in [1.165, 1.54) is 0 Å². The van der Waals surface area contributed by atoms with Crippen LogP contribution >= 0.6 is 39.1 Å². The molecule has 0 fully saturated rings. The van der Waals surface area contributed by atoms with E-state index >= 15 is 0 Å². The Morgan fingerprint density at radius 2 is 1.62 bits per heavy atom. The van der Waals surface area contributed by atoms with Crippen LogP contribution in [0.1, 0.15) is 0 Å². The van der Waals surface area contributed by atoms with E-state index in [4.69, 9.17) is 23.2 Å². The van der Waals surface area contributed by atoms with Gasteiger partial charge in [0.15, 0.2) is 0 Å². The highest BCUT2D eigenvalue weighted by Crippen LogP contribution is 2.34. The fourth-order valence-electron chi connectivity index (χ4n) is 1.29. The van der Waals surface area contributed by atoms with Crippen molar-refractivity contribution in [2.45, 2.75) is 0 Å². The molecule has 0 nitrogen and oxygen atoms in total. The van der Waals surface area contributed by atoms with Crippen molar-refractivity contribution in [1.82, 2.24) is 0 Å². The van der Waals surface area contributed by atoms with Gasteiger partial charge in [0.05, 0.1) is 0 Å². The highest BCUT2D eigenvalue weighted by atomic mass is 79.9. The van der Waals surface area contributed by atoms with Gasteiger partial charge in [-0.05, 0) is 18.2 Å². The molecule has 0 N–H and O–H groups in total. The summed E-state index contributed by atoms with van der Waals surface area (Å²) in [6, 6.07) is 9.45. The van der Waals surface area contributed by atoms with E-state index in [1.54, 1.807) is 12.1 Å². The normalized spacial score (nSPS) is 10.7. The molecule has 0 saturated carbocycles. The summed E-state index contributed by atoms with van der Waals surface area (Å²) in [5.74, 6) is 0. The zero-order valence-corrected chi connectivity index (χ0v) is 9.62. The van der Waals surface area contributed by atoms with Gasteiger partial charge in [-0.15, -0.1) is 0 Å². The molecule has 0 bridgehead atoms. The molecule has 0 amide bonds. The quantitative estimate of drug-likeness (QED) is 0.641. The molecule has 0 saturated heterocycles. The maximum Gasteiger partial charge on any atom is 0.0496 e. The average molecular weight is 276 g/mol. The van der Waals surface area contributed by atoms with Crippen LogP contribution in [0.3, 0.4) is 0 Å². The van der Waals surface area contributed by atoms with Gasteiger partial charge in [-0.2, -0.15) is 0 Å². The van der Waals surface area contributed by atoms with Crippen LogP contribution in [0.2, 0.25) is 10.0 Å². The van der Waals surface area contributed by atoms with Crippen LogP contribution < -0.4 is 0 Å². The molecule has 2 rings (SSSR count). The standard InChI is InChI=1S/C10H5BrCl2/c11-7-3-1-2-6-8(12)4-5-9(13)10(6)7/h1-5H. The van der Waals surface area contributed by atoms with Crippen LogP contribution in [0, 0.1) is 0 Å². The van der Waals surface area contributed by atoms with Crippen LogP contribution in [-0.2, 0) is 0 Å². The van der Waals surface area contributed by atoms with Crippen molar-refractivity contribution in [2.24, 2.45) is 0 Å². The Morgan fingerprint density at radius 3 is 2.31 bits per heavy atom. The number of benzene rings is 2. The third-order valence-corrected chi connectivity index (χ3v) is 3.19. The lowest BCUT2D eigenvalue weighted by atomic mass is 10.1. The minimum absolute atomic E-state index is 0.715. The van der Waals surface area contributed by atoms with Gasteiger partial charge in [0, 0.05) is 25.3 Å². The predicted molar refractivity (Wildman–Crippen MR) is 61.7 cm³/mol. The molecule has 3 heteroatoms. The molecule has 0 heterocycles. The van der Waals surface area contributed by atoms with E-state index in [0.717, 1.165) is 20.3 Å². The lowest BCUT2D eigenvalue weighted by molar-refractivity contribution is 1.71. The van der Waals surface area contributed by atoms with Crippen molar-refractivity contribution in [1.29, 1.82) is 0 Å². The Bertz CT molecular complexity index is 457. The second-order valence-corrected chi connectivity index (χ2v) is 4.36. The average Bonchev–Trinajstić information content (AvgIpc) is 2.12. The van der Waals surface area contributed by atoms with Gasteiger partial charge in [0.1, 0.15) is 0 Å². The topological polar surface area (TPSA) is 0 Å². The number of hydrogen-bond acceptors (Lipinski definition) is 0. The Morgan fingerprint density at radius 1 is 0.923 bits per heavy atom. The highest BCUT2D eigenvalue weighted by Gasteiger charge is 2.05. The van der Waals surface area contributed by atoms with Crippen molar-refractivity contribution in [2.75, 3.05) is 0 Å². The summed E-state index contributed by atoms with van der Waals surface area (Å²) in [4.78, 5) is 0. The van der Waals surface area contributed by atoms with Crippen LogP contribution in [0.25, 0.3) is 10.8 Å². The van der Waals surface area contributed by atoms with Crippen molar-refractivity contribution in [3.8, 4) is 0 Å². The maximum atomic E-state index is 6.05. The first-order chi connectivity index (χ1) is 6.20. The summed E-state index contributed by atoms with van der Waals surface area (Å²) in [7, 11) is 0. The van der Waals surface area contributed by atoms with E-state index < -0.39 is 0 Å². The Labute approximate surface area is 94.6 Å². The monoisotopic (exact) mass is 274 g/mol. The zero-order chi connectivity index (χ0) is 9.42. The summed E-state index contributed by atoms with van der Waals surface area (Å²) < 4.78 is 0.970. The molecule has 0 aliphatic heterocycles. The van der Waals surface area contributed by atoms with Crippen LogP contribution in [0.5, 0.6) is 0 Å². The second kappa shape index (κ2) is 3.49. The zero-order valence-electron chi connectivity index (χ0n) is 6.52. The summed E-state index contributed by atoms with van der Waals surface area (Å²) in [6.45, 7) is 0. The fraction of sp³-hybridized carbons (Fsp3) is 0. The lowest BCUT2D eigenvalue weighted by Gasteiger charge is -2.04. The molecule has 2 aromatic rings. The van der Waals surface area contributed by atoms with Crippen molar-refractivity contribution < 1.29 is 0 Å². The first-order valence-electron chi connectivity index (χ1n) is 3.72. The SMILES string of the molecule is Clc1ccc(Cl)c2c(Br)cccc12. The summed E-state index contributed by atoms with van der Waals surface area (Å²) in [6.07, 6.45) is 0. The van der Waals surface area contributed by atoms with Crippen molar-refractivity contribution in [3.63, 3.8) is 0 Å². The van der Waals surface area contributed by atoms with Gasteiger partial charge in [0.25, 0.3) is 0 Å². The van der Waals surface area contributed by atoms with Gasteiger partial charge < -0.3 is 0 Å². The third kappa shape index (κ3) is 1.56. The summed E-state index contributed by atoms with van der Waals surface area (Å²) >= 11 is 15.5. The second-order valence-electron chi connectivity index (χ2n) is 2.69. The van der Waals surface area contributed by atoms with E-state index in [-0.39, 0.29) is 0 Å². The highest BCUT2D eigenvalue weighted by molar-refractivity contribution is 9.10. The molecule has 0 spiro atoms. The Hall–Kier alpha value is -0.240. The number of halogens is 3. The summed E-state index contributed by atoms with van der Waals surface area (Å²) in [5, 5.41) is 3.38. The number of fused-ring (bicyclic) bond motifs is 1. The van der Waals surface area contributed by atoms with E-state index in [0.29, 0.717) is 5.02 Å². The van der Waals surface area contributed by atoms with E-state index in [9.17, 15) is 0 Å². The van der Waals surface area contributed by atoms with Crippen molar-refractivity contribution >= 4 is 49.9 Å². The van der Waals surface area contributed by atoms with Gasteiger partial charge >= 0.3 is 0 Å². The Kier molecular flexibility index (Phi) is 2.50. The Balaban J connectivity index is 3.00. The molecule has 0 aromatic heterocycles. The minimum atomic E-state index is 0.715. The van der Waals surface area contributed by atoms with Gasteiger partial charge in [-0.1, -0.05) is 51.3 Å². The summed E-state index contributed by atoms with van der Waals surface area (Å²) in [5.41, 5.74) is 0. The molecule has 0 atom stereocenters.